The van der Waals surface area contributed by atoms with Gasteiger partial charge in [-0.3, -0.25) is 0 Å². The first-order chi connectivity index (χ1) is 10.0. The summed E-state index contributed by atoms with van der Waals surface area (Å²) < 4.78 is 26.3. The van der Waals surface area contributed by atoms with E-state index in [0.29, 0.717) is 5.92 Å². The Morgan fingerprint density at radius 2 is 2.00 bits per heavy atom. The molecule has 2 amide bonds. The number of halogens is 2. The number of hydrogen-bond donors (Lipinski definition) is 2. The van der Waals surface area contributed by atoms with Crippen molar-refractivity contribution in [1.82, 2.24) is 4.90 Å². The molecule has 1 fully saturated rings. The molecule has 1 aromatic carbocycles. The molecular formula is C15H20F2N2O2. The summed E-state index contributed by atoms with van der Waals surface area (Å²) in [5, 5.41) is 11.6. The van der Waals surface area contributed by atoms with Crippen molar-refractivity contribution in [3.63, 3.8) is 0 Å². The van der Waals surface area contributed by atoms with Crippen LogP contribution in [0.2, 0.25) is 0 Å². The quantitative estimate of drug-likeness (QED) is 0.901. The number of amides is 2. The molecule has 4 nitrogen and oxygen atoms in total. The van der Waals surface area contributed by atoms with Crippen LogP contribution in [0.5, 0.6) is 0 Å². The molecule has 0 unspecified atom stereocenters. The number of nitrogens with one attached hydrogen (secondary N) is 1. The highest BCUT2D eigenvalue weighted by molar-refractivity contribution is 5.89. The SMILES string of the molecule is CN(C(=O)Nc1ccc(F)cc1F)C1CCC(CO)CC1. The van der Waals surface area contributed by atoms with Crippen LogP contribution in [-0.4, -0.2) is 35.7 Å². The lowest BCUT2D eigenvalue weighted by molar-refractivity contribution is 0.139. The van der Waals surface area contributed by atoms with Crippen molar-refractivity contribution in [2.45, 2.75) is 31.7 Å². The second kappa shape index (κ2) is 6.85. The first-order valence-electron chi connectivity index (χ1n) is 7.11. The molecule has 2 rings (SSSR count). The molecule has 1 aliphatic rings. The van der Waals surface area contributed by atoms with Gasteiger partial charge in [-0.15, -0.1) is 0 Å². The fourth-order valence-electron chi connectivity index (χ4n) is 2.67. The predicted octanol–water partition coefficient (Wildman–Crippen LogP) is 2.98. The fraction of sp³-hybridized carbons (Fsp3) is 0.533. The van der Waals surface area contributed by atoms with Crippen LogP contribution in [0.25, 0.3) is 0 Å². The van der Waals surface area contributed by atoms with Crippen LogP contribution >= 0.6 is 0 Å². The molecule has 0 saturated heterocycles. The monoisotopic (exact) mass is 298 g/mol. The minimum absolute atomic E-state index is 0.0303. The number of nitrogens with zero attached hydrogens (tertiary/aromatic N) is 1. The summed E-state index contributed by atoms with van der Waals surface area (Å²) in [5.41, 5.74) is -0.0303. The van der Waals surface area contributed by atoms with Gasteiger partial charge in [-0.2, -0.15) is 0 Å². The second-order valence-electron chi connectivity index (χ2n) is 5.52. The second-order valence-corrected chi connectivity index (χ2v) is 5.52. The van der Waals surface area contributed by atoms with E-state index in [1.165, 1.54) is 6.07 Å². The maximum atomic E-state index is 13.5. The molecule has 0 spiro atoms. The van der Waals surface area contributed by atoms with E-state index in [4.69, 9.17) is 5.11 Å². The first-order valence-corrected chi connectivity index (χ1v) is 7.11. The normalized spacial score (nSPS) is 21.9. The third kappa shape index (κ3) is 3.91. The Morgan fingerprint density at radius 1 is 1.33 bits per heavy atom. The Kier molecular flexibility index (Phi) is 5.12. The Labute approximate surface area is 122 Å². The lowest BCUT2D eigenvalue weighted by atomic mass is 9.86. The van der Waals surface area contributed by atoms with E-state index >= 15 is 0 Å². The Hall–Kier alpha value is -1.69. The highest BCUT2D eigenvalue weighted by Crippen LogP contribution is 2.27. The van der Waals surface area contributed by atoms with Crippen molar-refractivity contribution in [3.05, 3.63) is 29.8 Å². The van der Waals surface area contributed by atoms with Crippen molar-refractivity contribution in [2.24, 2.45) is 5.92 Å². The van der Waals surface area contributed by atoms with Gasteiger partial charge in [0.25, 0.3) is 0 Å². The highest BCUT2D eigenvalue weighted by atomic mass is 19.1. The first kappa shape index (κ1) is 15.7. The summed E-state index contributed by atoms with van der Waals surface area (Å²) >= 11 is 0. The summed E-state index contributed by atoms with van der Waals surface area (Å²) in [6.45, 7) is 0.184. The van der Waals surface area contributed by atoms with Gasteiger partial charge in [0.1, 0.15) is 11.6 Å². The van der Waals surface area contributed by atoms with Crippen molar-refractivity contribution in [3.8, 4) is 0 Å². The largest absolute Gasteiger partial charge is 0.396 e. The van der Waals surface area contributed by atoms with E-state index in [1.54, 1.807) is 11.9 Å². The molecule has 1 aliphatic carbocycles. The number of carbonyl (C=O) groups is 1. The third-order valence-corrected chi connectivity index (χ3v) is 4.12. The molecular weight excluding hydrogens is 278 g/mol. The van der Waals surface area contributed by atoms with Crippen LogP contribution in [0, 0.1) is 17.6 Å². The molecule has 0 atom stereocenters. The fourth-order valence-corrected chi connectivity index (χ4v) is 2.67. The number of rotatable bonds is 3. The van der Waals surface area contributed by atoms with E-state index in [1.807, 2.05) is 0 Å². The number of benzene rings is 1. The standard InChI is InChI=1S/C15H20F2N2O2/c1-19(12-5-2-10(9-20)3-6-12)15(21)18-14-7-4-11(16)8-13(14)17/h4,7-8,10,12,20H,2-3,5-6,9H2,1H3,(H,18,21). The number of anilines is 1. The van der Waals surface area contributed by atoms with Crippen molar-refractivity contribution in [1.29, 1.82) is 0 Å². The minimum Gasteiger partial charge on any atom is -0.396 e. The Morgan fingerprint density at radius 3 is 2.57 bits per heavy atom. The molecule has 116 valence electrons. The van der Waals surface area contributed by atoms with Crippen LogP contribution in [0.1, 0.15) is 25.7 Å². The van der Waals surface area contributed by atoms with Gasteiger partial charge in [0, 0.05) is 25.8 Å². The minimum atomic E-state index is -0.791. The van der Waals surface area contributed by atoms with E-state index < -0.39 is 17.7 Å². The predicted molar refractivity (Wildman–Crippen MR) is 76.0 cm³/mol. The van der Waals surface area contributed by atoms with Crippen molar-refractivity contribution < 1.29 is 18.7 Å². The van der Waals surface area contributed by atoms with E-state index in [-0.39, 0.29) is 18.3 Å². The zero-order valence-corrected chi connectivity index (χ0v) is 12.0. The summed E-state index contributed by atoms with van der Waals surface area (Å²) in [4.78, 5) is 13.7. The Balaban J connectivity index is 1.93. The summed E-state index contributed by atoms with van der Waals surface area (Å²) in [6, 6.07) is 2.72. The van der Waals surface area contributed by atoms with Gasteiger partial charge in [0.05, 0.1) is 5.69 Å². The van der Waals surface area contributed by atoms with Gasteiger partial charge in [-0.1, -0.05) is 0 Å². The smallest absolute Gasteiger partial charge is 0.321 e. The zero-order valence-electron chi connectivity index (χ0n) is 12.0. The molecule has 1 aromatic rings. The van der Waals surface area contributed by atoms with Crippen LogP contribution in [0.15, 0.2) is 18.2 Å². The van der Waals surface area contributed by atoms with Gasteiger partial charge in [0.15, 0.2) is 0 Å². The van der Waals surface area contributed by atoms with Crippen LogP contribution < -0.4 is 5.32 Å². The lowest BCUT2D eigenvalue weighted by Crippen LogP contribution is -2.42. The topological polar surface area (TPSA) is 52.6 Å². The molecule has 0 radical (unpaired) electrons. The molecule has 0 aromatic heterocycles. The number of carbonyl (C=O) groups excluding carboxylic acids is 1. The molecule has 6 heteroatoms. The number of urea groups is 1. The summed E-state index contributed by atoms with van der Waals surface area (Å²) in [7, 11) is 1.67. The zero-order chi connectivity index (χ0) is 15.4. The number of aliphatic hydroxyl groups excluding tert-OH is 1. The van der Waals surface area contributed by atoms with Crippen molar-refractivity contribution >= 4 is 11.7 Å². The number of aliphatic hydroxyl groups is 1. The molecule has 1 saturated carbocycles. The van der Waals surface area contributed by atoms with Gasteiger partial charge in [0.2, 0.25) is 0 Å². The van der Waals surface area contributed by atoms with Crippen LogP contribution in [-0.2, 0) is 0 Å². The number of hydrogen-bond acceptors (Lipinski definition) is 2. The lowest BCUT2D eigenvalue weighted by Gasteiger charge is -2.34. The van der Waals surface area contributed by atoms with E-state index in [2.05, 4.69) is 5.32 Å². The molecule has 0 bridgehead atoms. The molecule has 0 heterocycles. The third-order valence-electron chi connectivity index (χ3n) is 4.12. The summed E-state index contributed by atoms with van der Waals surface area (Å²) in [6.07, 6.45) is 3.40. The van der Waals surface area contributed by atoms with Gasteiger partial charge in [-0.05, 0) is 43.7 Å². The van der Waals surface area contributed by atoms with Gasteiger partial charge >= 0.3 is 6.03 Å². The average Bonchev–Trinajstić information content (AvgIpc) is 2.49. The van der Waals surface area contributed by atoms with E-state index in [0.717, 1.165) is 37.8 Å². The average molecular weight is 298 g/mol. The van der Waals surface area contributed by atoms with Gasteiger partial charge < -0.3 is 15.3 Å². The van der Waals surface area contributed by atoms with Gasteiger partial charge in [-0.25, -0.2) is 13.6 Å². The van der Waals surface area contributed by atoms with Crippen LogP contribution in [0.4, 0.5) is 19.3 Å². The van der Waals surface area contributed by atoms with Crippen LogP contribution in [0.3, 0.4) is 0 Å². The van der Waals surface area contributed by atoms with E-state index in [9.17, 15) is 13.6 Å². The maximum absolute atomic E-state index is 13.5. The Bertz CT molecular complexity index is 502. The summed E-state index contributed by atoms with van der Waals surface area (Å²) in [5.74, 6) is -1.16. The molecule has 0 aliphatic heterocycles. The molecule has 21 heavy (non-hydrogen) atoms. The van der Waals surface area contributed by atoms with Crippen molar-refractivity contribution in [2.75, 3.05) is 19.0 Å². The molecule has 2 N–H and O–H groups in total. The highest BCUT2D eigenvalue weighted by Gasteiger charge is 2.26. The maximum Gasteiger partial charge on any atom is 0.321 e.